The average molecular weight is 308 g/mol. The Morgan fingerprint density at radius 1 is 1.25 bits per heavy atom. The van der Waals surface area contributed by atoms with Crippen molar-refractivity contribution >= 4 is 22.9 Å². The fourth-order valence-corrected chi connectivity index (χ4v) is 3.75. The maximum atomic E-state index is 6.23. The Labute approximate surface area is 128 Å². The Bertz CT molecular complexity index is 576. The molecular weight excluding hydrogens is 290 g/mol. The minimum atomic E-state index is 0.587. The normalized spacial score (nSPS) is 17.5. The molecule has 106 valence electrons. The van der Waals surface area contributed by atoms with Crippen molar-refractivity contribution in [3.8, 4) is 0 Å². The van der Waals surface area contributed by atoms with Crippen LogP contribution in [-0.2, 0) is 6.54 Å². The smallest absolute Gasteiger partial charge is 0.120 e. The highest BCUT2D eigenvalue weighted by atomic mass is 35.5. The summed E-state index contributed by atoms with van der Waals surface area (Å²) in [7, 11) is 0. The molecule has 1 aliphatic rings. The van der Waals surface area contributed by atoms with E-state index in [9.17, 15) is 0 Å². The molecule has 1 aliphatic heterocycles. The van der Waals surface area contributed by atoms with E-state index in [1.165, 1.54) is 23.4 Å². The quantitative estimate of drug-likeness (QED) is 0.861. The van der Waals surface area contributed by atoms with Crippen molar-refractivity contribution in [3.63, 3.8) is 0 Å². The summed E-state index contributed by atoms with van der Waals surface area (Å²) in [5.41, 5.74) is 1.22. The van der Waals surface area contributed by atoms with E-state index in [0.29, 0.717) is 5.92 Å². The Balaban J connectivity index is 1.58. The van der Waals surface area contributed by atoms with Gasteiger partial charge in [0.15, 0.2) is 0 Å². The van der Waals surface area contributed by atoms with Gasteiger partial charge >= 0.3 is 0 Å². The highest BCUT2D eigenvalue weighted by Gasteiger charge is 2.23. The number of hydrogen-bond acceptors (Lipinski definition) is 4. The van der Waals surface area contributed by atoms with E-state index in [2.05, 4.69) is 27.2 Å². The summed E-state index contributed by atoms with van der Waals surface area (Å²) in [5, 5.41) is 11.6. The molecule has 1 saturated heterocycles. The summed E-state index contributed by atoms with van der Waals surface area (Å²) >= 11 is 7.97. The topological polar surface area (TPSA) is 29.0 Å². The van der Waals surface area contributed by atoms with Gasteiger partial charge < -0.3 is 0 Å². The van der Waals surface area contributed by atoms with Crippen molar-refractivity contribution in [2.75, 3.05) is 13.1 Å². The van der Waals surface area contributed by atoms with Crippen LogP contribution in [0.3, 0.4) is 0 Å². The predicted octanol–water partition coefficient (Wildman–Crippen LogP) is 3.88. The molecule has 0 atom stereocenters. The highest BCUT2D eigenvalue weighted by Crippen LogP contribution is 2.30. The first-order valence-electron chi connectivity index (χ1n) is 6.98. The molecule has 1 aromatic carbocycles. The van der Waals surface area contributed by atoms with Crippen LogP contribution in [-0.4, -0.2) is 28.2 Å². The van der Waals surface area contributed by atoms with Crippen LogP contribution >= 0.6 is 22.9 Å². The lowest BCUT2D eigenvalue weighted by Gasteiger charge is -2.31. The molecule has 2 heterocycles. The second-order valence-corrected chi connectivity index (χ2v) is 6.92. The lowest BCUT2D eigenvalue weighted by atomic mass is 9.97. The van der Waals surface area contributed by atoms with Gasteiger partial charge in [0.2, 0.25) is 0 Å². The number of aromatic nitrogens is 2. The highest BCUT2D eigenvalue weighted by molar-refractivity contribution is 7.11. The SMILES string of the molecule is Cc1nnc(C2CCN(Cc3ccccc3Cl)CC2)s1. The van der Waals surface area contributed by atoms with Crippen LogP contribution in [0.15, 0.2) is 24.3 Å². The molecule has 3 rings (SSSR count). The molecule has 1 fully saturated rings. The predicted molar refractivity (Wildman–Crippen MR) is 83.4 cm³/mol. The number of benzene rings is 1. The Morgan fingerprint density at radius 3 is 2.65 bits per heavy atom. The van der Waals surface area contributed by atoms with Gasteiger partial charge in [0.25, 0.3) is 0 Å². The standard InChI is InChI=1S/C15H18ClN3S/c1-11-17-18-15(20-11)12-6-8-19(9-7-12)10-13-4-2-3-5-14(13)16/h2-5,12H,6-10H2,1H3. The third kappa shape index (κ3) is 3.19. The van der Waals surface area contributed by atoms with Crippen LogP contribution in [0, 0.1) is 6.92 Å². The fourth-order valence-electron chi connectivity index (χ4n) is 2.68. The first-order valence-corrected chi connectivity index (χ1v) is 8.17. The van der Waals surface area contributed by atoms with E-state index < -0.39 is 0 Å². The minimum absolute atomic E-state index is 0.587. The molecular formula is C15H18ClN3S. The van der Waals surface area contributed by atoms with Gasteiger partial charge in [-0.1, -0.05) is 29.8 Å². The molecule has 0 radical (unpaired) electrons. The van der Waals surface area contributed by atoms with Crippen LogP contribution in [0.25, 0.3) is 0 Å². The summed E-state index contributed by atoms with van der Waals surface area (Å²) in [6.45, 7) is 5.18. The first kappa shape index (κ1) is 14.0. The zero-order valence-corrected chi connectivity index (χ0v) is 13.1. The van der Waals surface area contributed by atoms with Gasteiger partial charge in [0.05, 0.1) is 0 Å². The van der Waals surface area contributed by atoms with Gasteiger partial charge in [0, 0.05) is 17.5 Å². The maximum Gasteiger partial charge on any atom is 0.120 e. The zero-order chi connectivity index (χ0) is 13.9. The van der Waals surface area contributed by atoms with Crippen LogP contribution in [0.4, 0.5) is 0 Å². The molecule has 20 heavy (non-hydrogen) atoms. The lowest BCUT2D eigenvalue weighted by Crippen LogP contribution is -2.32. The number of hydrogen-bond donors (Lipinski definition) is 0. The van der Waals surface area contributed by atoms with Crippen molar-refractivity contribution in [1.82, 2.24) is 15.1 Å². The van der Waals surface area contributed by atoms with E-state index in [1.54, 1.807) is 11.3 Å². The molecule has 3 nitrogen and oxygen atoms in total. The monoisotopic (exact) mass is 307 g/mol. The number of likely N-dealkylation sites (tertiary alicyclic amines) is 1. The summed E-state index contributed by atoms with van der Waals surface area (Å²) in [5.74, 6) is 0.587. The van der Waals surface area contributed by atoms with E-state index >= 15 is 0 Å². The summed E-state index contributed by atoms with van der Waals surface area (Å²) < 4.78 is 0. The van der Waals surface area contributed by atoms with Crippen LogP contribution in [0.2, 0.25) is 5.02 Å². The zero-order valence-electron chi connectivity index (χ0n) is 11.6. The van der Waals surface area contributed by atoms with Gasteiger partial charge in [-0.05, 0) is 44.5 Å². The van der Waals surface area contributed by atoms with Gasteiger partial charge in [0.1, 0.15) is 10.0 Å². The fraction of sp³-hybridized carbons (Fsp3) is 0.467. The number of halogens is 1. The molecule has 5 heteroatoms. The van der Waals surface area contributed by atoms with Crippen LogP contribution in [0.5, 0.6) is 0 Å². The minimum Gasteiger partial charge on any atom is -0.299 e. The van der Waals surface area contributed by atoms with Crippen molar-refractivity contribution in [2.24, 2.45) is 0 Å². The average Bonchev–Trinajstić information content (AvgIpc) is 2.89. The Morgan fingerprint density at radius 2 is 2.00 bits per heavy atom. The molecule has 0 N–H and O–H groups in total. The second-order valence-electron chi connectivity index (χ2n) is 5.30. The molecule has 0 saturated carbocycles. The number of aryl methyl sites for hydroxylation is 1. The third-order valence-electron chi connectivity index (χ3n) is 3.83. The van der Waals surface area contributed by atoms with Crippen LogP contribution in [0.1, 0.15) is 34.3 Å². The Kier molecular flexibility index (Phi) is 4.34. The number of rotatable bonds is 3. The largest absolute Gasteiger partial charge is 0.299 e. The van der Waals surface area contributed by atoms with Crippen molar-refractivity contribution in [3.05, 3.63) is 44.9 Å². The molecule has 0 amide bonds. The maximum absolute atomic E-state index is 6.23. The molecule has 0 spiro atoms. The van der Waals surface area contributed by atoms with E-state index in [-0.39, 0.29) is 0 Å². The van der Waals surface area contributed by atoms with Gasteiger partial charge in [-0.2, -0.15) is 0 Å². The molecule has 1 aromatic heterocycles. The lowest BCUT2D eigenvalue weighted by molar-refractivity contribution is 0.204. The van der Waals surface area contributed by atoms with E-state index in [0.717, 1.165) is 29.7 Å². The van der Waals surface area contributed by atoms with E-state index in [1.807, 2.05) is 19.1 Å². The Hall–Kier alpha value is -0.970. The molecule has 0 unspecified atom stereocenters. The molecule has 0 bridgehead atoms. The second kappa shape index (κ2) is 6.20. The number of nitrogens with zero attached hydrogens (tertiary/aromatic N) is 3. The molecule has 2 aromatic rings. The summed E-state index contributed by atoms with van der Waals surface area (Å²) in [6, 6.07) is 8.12. The van der Waals surface area contributed by atoms with Crippen LogP contribution < -0.4 is 0 Å². The van der Waals surface area contributed by atoms with Gasteiger partial charge in [-0.3, -0.25) is 4.90 Å². The van der Waals surface area contributed by atoms with Crippen molar-refractivity contribution in [1.29, 1.82) is 0 Å². The van der Waals surface area contributed by atoms with Crippen molar-refractivity contribution in [2.45, 2.75) is 32.2 Å². The van der Waals surface area contributed by atoms with Gasteiger partial charge in [-0.15, -0.1) is 21.5 Å². The molecule has 0 aliphatic carbocycles. The number of piperidine rings is 1. The van der Waals surface area contributed by atoms with E-state index in [4.69, 9.17) is 11.6 Å². The summed E-state index contributed by atoms with van der Waals surface area (Å²) in [6.07, 6.45) is 2.33. The third-order valence-corrected chi connectivity index (χ3v) is 5.20. The summed E-state index contributed by atoms with van der Waals surface area (Å²) in [4.78, 5) is 2.48. The van der Waals surface area contributed by atoms with Gasteiger partial charge in [-0.25, -0.2) is 0 Å². The van der Waals surface area contributed by atoms with Crippen molar-refractivity contribution < 1.29 is 0 Å². The first-order chi connectivity index (χ1) is 9.72.